The van der Waals surface area contributed by atoms with Gasteiger partial charge >= 0.3 is 0 Å². The summed E-state index contributed by atoms with van der Waals surface area (Å²) in [4.78, 5) is 12.9. The molecule has 4 aromatic rings. The number of carbonyl (C=O) groups excluding carboxylic acids is 1. The lowest BCUT2D eigenvalue weighted by atomic mass is 10.1. The molecule has 0 unspecified atom stereocenters. The lowest BCUT2D eigenvalue weighted by Gasteiger charge is -2.08. The molecule has 0 saturated heterocycles. The molecule has 6 nitrogen and oxygen atoms in total. The maximum absolute atomic E-state index is 12.9. The molecule has 0 amide bonds. The molecule has 33 heavy (non-hydrogen) atoms. The molecule has 6 heteroatoms. The van der Waals surface area contributed by atoms with E-state index in [-0.39, 0.29) is 11.5 Å². The summed E-state index contributed by atoms with van der Waals surface area (Å²) in [6.07, 6.45) is 3.75. The predicted molar refractivity (Wildman–Crippen MR) is 126 cm³/mol. The highest BCUT2D eigenvalue weighted by atomic mass is 16.5. The standard InChI is InChI=1S/C27H23NO5/c1-28-15-18(23-13-20(31-3)9-11-24(23)28)12-26-27(29)22-10-8-21(14-25(22)33-26)32-16-17-4-6-19(30-2)7-5-17/h4-15H,16H2,1-3H3/b26-12-. The van der Waals surface area contributed by atoms with Gasteiger partial charge in [0.05, 0.1) is 19.8 Å². The van der Waals surface area contributed by atoms with Crippen LogP contribution in [0.25, 0.3) is 17.0 Å². The number of Topliss-reactive ketones (excluding diaryl/α,β-unsaturated/α-hetero) is 1. The summed E-state index contributed by atoms with van der Waals surface area (Å²) in [5, 5.41) is 0.986. The highest BCUT2D eigenvalue weighted by Gasteiger charge is 2.28. The van der Waals surface area contributed by atoms with E-state index in [0.29, 0.717) is 23.7 Å². The fourth-order valence-corrected chi connectivity index (χ4v) is 3.93. The Kier molecular flexibility index (Phi) is 5.26. The average molecular weight is 441 g/mol. The largest absolute Gasteiger partial charge is 0.497 e. The zero-order valence-corrected chi connectivity index (χ0v) is 18.6. The van der Waals surface area contributed by atoms with Gasteiger partial charge in [0, 0.05) is 35.8 Å². The summed E-state index contributed by atoms with van der Waals surface area (Å²) in [6.45, 7) is 0.400. The summed E-state index contributed by atoms with van der Waals surface area (Å²) in [7, 11) is 5.24. The number of ketones is 1. The molecule has 1 aliphatic rings. The lowest BCUT2D eigenvalue weighted by molar-refractivity contribution is 0.101. The van der Waals surface area contributed by atoms with Crippen LogP contribution in [-0.2, 0) is 13.7 Å². The maximum Gasteiger partial charge on any atom is 0.231 e. The summed E-state index contributed by atoms with van der Waals surface area (Å²) >= 11 is 0. The molecule has 0 bridgehead atoms. The number of fused-ring (bicyclic) bond motifs is 2. The molecule has 5 rings (SSSR count). The summed E-state index contributed by atoms with van der Waals surface area (Å²) in [5.41, 5.74) is 3.47. The van der Waals surface area contributed by atoms with Crippen LogP contribution in [0.5, 0.6) is 23.0 Å². The molecule has 0 spiro atoms. The number of hydrogen-bond acceptors (Lipinski definition) is 5. The molecule has 0 N–H and O–H groups in total. The first-order valence-corrected chi connectivity index (χ1v) is 10.5. The van der Waals surface area contributed by atoms with Gasteiger partial charge in [-0.2, -0.15) is 0 Å². The molecule has 1 aliphatic heterocycles. The van der Waals surface area contributed by atoms with Gasteiger partial charge in [0.15, 0.2) is 5.76 Å². The van der Waals surface area contributed by atoms with Crippen LogP contribution in [0.1, 0.15) is 21.5 Å². The minimum atomic E-state index is -0.147. The molecule has 0 atom stereocenters. The van der Waals surface area contributed by atoms with Crippen molar-refractivity contribution in [1.29, 1.82) is 0 Å². The van der Waals surface area contributed by atoms with Crippen LogP contribution in [0.15, 0.2) is 72.6 Å². The maximum atomic E-state index is 12.9. The van der Waals surface area contributed by atoms with E-state index < -0.39 is 0 Å². The number of methoxy groups -OCH3 is 2. The van der Waals surface area contributed by atoms with Crippen LogP contribution >= 0.6 is 0 Å². The molecular formula is C27H23NO5. The Balaban J connectivity index is 1.37. The second-order valence-corrected chi connectivity index (χ2v) is 7.81. The minimum absolute atomic E-state index is 0.147. The van der Waals surface area contributed by atoms with E-state index in [1.807, 2.05) is 60.3 Å². The van der Waals surface area contributed by atoms with E-state index >= 15 is 0 Å². The third-order valence-corrected chi connectivity index (χ3v) is 5.72. The van der Waals surface area contributed by atoms with Gasteiger partial charge in [-0.05, 0) is 54.1 Å². The van der Waals surface area contributed by atoms with E-state index in [1.165, 1.54) is 0 Å². The van der Waals surface area contributed by atoms with Crippen molar-refractivity contribution in [3.05, 3.63) is 89.3 Å². The van der Waals surface area contributed by atoms with Crippen LogP contribution in [-0.4, -0.2) is 24.6 Å². The Morgan fingerprint density at radius 1 is 0.909 bits per heavy atom. The number of rotatable bonds is 6. The average Bonchev–Trinajstić information content (AvgIpc) is 3.33. The Morgan fingerprint density at radius 3 is 2.39 bits per heavy atom. The number of allylic oxidation sites excluding steroid dienone is 1. The first-order chi connectivity index (χ1) is 16.1. The van der Waals surface area contributed by atoms with Crippen LogP contribution in [0.2, 0.25) is 0 Å². The van der Waals surface area contributed by atoms with Crippen molar-refractivity contribution < 1.29 is 23.7 Å². The van der Waals surface area contributed by atoms with Crippen LogP contribution in [0.4, 0.5) is 0 Å². The number of aryl methyl sites for hydroxylation is 1. The first kappa shape index (κ1) is 20.7. The van der Waals surface area contributed by atoms with Gasteiger partial charge in [0.25, 0.3) is 0 Å². The number of ether oxygens (including phenoxy) is 4. The number of aromatic nitrogens is 1. The van der Waals surface area contributed by atoms with Gasteiger partial charge in [-0.15, -0.1) is 0 Å². The molecule has 0 fully saturated rings. The monoisotopic (exact) mass is 441 g/mol. The van der Waals surface area contributed by atoms with Gasteiger partial charge in [-0.25, -0.2) is 0 Å². The van der Waals surface area contributed by atoms with Gasteiger partial charge in [-0.1, -0.05) is 12.1 Å². The molecule has 1 aromatic heterocycles. The summed E-state index contributed by atoms with van der Waals surface area (Å²) in [6, 6.07) is 18.8. The SMILES string of the molecule is COc1ccc(COc2ccc3c(c2)O/C(=C\c2cn(C)c4ccc(OC)cc24)C3=O)cc1. The molecule has 0 saturated carbocycles. The zero-order valence-electron chi connectivity index (χ0n) is 18.6. The van der Waals surface area contributed by atoms with Crippen molar-refractivity contribution in [2.75, 3.05) is 14.2 Å². The quantitative estimate of drug-likeness (QED) is 0.376. The van der Waals surface area contributed by atoms with Gasteiger partial charge in [-0.3, -0.25) is 4.79 Å². The second-order valence-electron chi connectivity index (χ2n) is 7.81. The zero-order chi connectivity index (χ0) is 22.9. The van der Waals surface area contributed by atoms with E-state index in [9.17, 15) is 4.79 Å². The number of carbonyl (C=O) groups is 1. The molecule has 166 valence electrons. The molecule has 0 radical (unpaired) electrons. The van der Waals surface area contributed by atoms with Crippen molar-refractivity contribution in [3.8, 4) is 23.0 Å². The van der Waals surface area contributed by atoms with E-state index in [1.54, 1.807) is 38.5 Å². The van der Waals surface area contributed by atoms with E-state index in [0.717, 1.165) is 33.5 Å². The van der Waals surface area contributed by atoms with Crippen molar-refractivity contribution in [2.24, 2.45) is 7.05 Å². The third kappa shape index (κ3) is 3.91. The van der Waals surface area contributed by atoms with Crippen molar-refractivity contribution in [2.45, 2.75) is 6.61 Å². The highest BCUT2D eigenvalue weighted by Crippen LogP contribution is 2.36. The number of hydrogen-bond donors (Lipinski definition) is 0. The molecule has 0 aliphatic carbocycles. The Labute approximate surface area is 191 Å². The molecular weight excluding hydrogens is 418 g/mol. The molecule has 3 aromatic carbocycles. The van der Waals surface area contributed by atoms with Crippen molar-refractivity contribution in [3.63, 3.8) is 0 Å². The van der Waals surface area contributed by atoms with E-state index in [4.69, 9.17) is 18.9 Å². The van der Waals surface area contributed by atoms with Crippen molar-refractivity contribution >= 4 is 22.8 Å². The van der Waals surface area contributed by atoms with E-state index in [2.05, 4.69) is 0 Å². The second kappa shape index (κ2) is 8.39. The molecule has 2 heterocycles. The Hall–Kier alpha value is -4.19. The smallest absolute Gasteiger partial charge is 0.231 e. The van der Waals surface area contributed by atoms with Crippen LogP contribution < -0.4 is 18.9 Å². The summed E-state index contributed by atoms with van der Waals surface area (Å²) < 4.78 is 24.4. The van der Waals surface area contributed by atoms with Gasteiger partial charge < -0.3 is 23.5 Å². The predicted octanol–water partition coefficient (Wildman–Crippen LogP) is 5.39. The normalized spacial score (nSPS) is 13.8. The number of nitrogens with zero attached hydrogens (tertiary/aromatic N) is 1. The third-order valence-electron chi connectivity index (χ3n) is 5.72. The highest BCUT2D eigenvalue weighted by molar-refractivity contribution is 6.15. The van der Waals surface area contributed by atoms with Crippen LogP contribution in [0, 0.1) is 0 Å². The van der Waals surface area contributed by atoms with Crippen LogP contribution in [0.3, 0.4) is 0 Å². The summed E-state index contributed by atoms with van der Waals surface area (Å²) in [5.74, 6) is 2.82. The Morgan fingerprint density at radius 2 is 1.64 bits per heavy atom. The van der Waals surface area contributed by atoms with Gasteiger partial charge in [0.1, 0.15) is 29.6 Å². The minimum Gasteiger partial charge on any atom is -0.497 e. The van der Waals surface area contributed by atoms with Crippen molar-refractivity contribution in [1.82, 2.24) is 4.57 Å². The fraction of sp³-hybridized carbons (Fsp3) is 0.148. The Bertz CT molecular complexity index is 1380. The topological polar surface area (TPSA) is 58.9 Å². The lowest BCUT2D eigenvalue weighted by Crippen LogP contribution is -1.98. The first-order valence-electron chi connectivity index (χ1n) is 10.5. The number of benzene rings is 3. The van der Waals surface area contributed by atoms with Gasteiger partial charge in [0.2, 0.25) is 5.78 Å². The fourth-order valence-electron chi connectivity index (χ4n) is 3.93.